The van der Waals surface area contributed by atoms with Crippen LogP contribution in [0.25, 0.3) is 11.4 Å². The van der Waals surface area contributed by atoms with Crippen molar-refractivity contribution in [3.05, 3.63) is 53.7 Å². The lowest BCUT2D eigenvalue weighted by Gasteiger charge is -2.33. The van der Waals surface area contributed by atoms with Crippen molar-refractivity contribution in [1.82, 2.24) is 25.1 Å². The van der Waals surface area contributed by atoms with Crippen molar-refractivity contribution in [2.45, 2.75) is 20.0 Å². The molecule has 1 saturated heterocycles. The summed E-state index contributed by atoms with van der Waals surface area (Å²) in [6.45, 7) is 7.38. The van der Waals surface area contributed by atoms with Gasteiger partial charge in [0.25, 0.3) is 0 Å². The fraction of sp³-hybridized carbons (Fsp3) is 0.389. The molecule has 0 saturated carbocycles. The maximum absolute atomic E-state index is 5.41. The van der Waals surface area contributed by atoms with Crippen LogP contribution in [0.3, 0.4) is 0 Å². The molecule has 0 spiro atoms. The zero-order valence-corrected chi connectivity index (χ0v) is 14.3. The van der Waals surface area contributed by atoms with Gasteiger partial charge in [-0.1, -0.05) is 40.6 Å². The average Bonchev–Trinajstić information content (AvgIpc) is 3.27. The third-order valence-electron chi connectivity index (χ3n) is 4.39. The summed E-state index contributed by atoms with van der Waals surface area (Å²) in [4.78, 5) is 9.23. The highest BCUT2D eigenvalue weighted by atomic mass is 16.5. The number of hydrogen-bond acceptors (Lipinski definition) is 7. The van der Waals surface area contributed by atoms with Crippen molar-refractivity contribution in [3.8, 4) is 11.4 Å². The lowest BCUT2D eigenvalue weighted by atomic mass is 10.2. The first-order chi connectivity index (χ1) is 12.3. The molecule has 25 heavy (non-hydrogen) atoms. The van der Waals surface area contributed by atoms with E-state index < -0.39 is 0 Å². The predicted octanol–water partition coefficient (Wildman–Crippen LogP) is 2.35. The molecule has 2 aromatic heterocycles. The summed E-state index contributed by atoms with van der Waals surface area (Å²) >= 11 is 0. The second kappa shape index (κ2) is 7.16. The zero-order chi connectivity index (χ0) is 17.1. The van der Waals surface area contributed by atoms with E-state index in [1.807, 2.05) is 43.3 Å². The summed E-state index contributed by atoms with van der Waals surface area (Å²) in [5.41, 5.74) is 1.97. The minimum Gasteiger partial charge on any atom is -0.361 e. The minimum atomic E-state index is 0.649. The molecule has 3 heterocycles. The summed E-state index contributed by atoms with van der Waals surface area (Å²) in [5, 5.41) is 8.15. The molecule has 1 fully saturated rings. The largest absolute Gasteiger partial charge is 0.361 e. The SMILES string of the molecule is Cc1cc(CN2CCN(Cc3nc(-c4ccccc4)no3)CC2)no1. The molecule has 0 unspecified atom stereocenters. The third kappa shape index (κ3) is 3.94. The molecule has 0 bridgehead atoms. The van der Waals surface area contributed by atoms with E-state index in [4.69, 9.17) is 9.05 Å². The third-order valence-corrected chi connectivity index (χ3v) is 4.39. The summed E-state index contributed by atoms with van der Waals surface area (Å²) in [6, 6.07) is 11.9. The van der Waals surface area contributed by atoms with Gasteiger partial charge in [0, 0.05) is 44.4 Å². The Bertz CT molecular complexity index is 806. The monoisotopic (exact) mass is 339 g/mol. The average molecular weight is 339 g/mol. The van der Waals surface area contributed by atoms with E-state index in [1.54, 1.807) is 0 Å². The Labute approximate surface area is 146 Å². The van der Waals surface area contributed by atoms with Crippen molar-refractivity contribution >= 4 is 0 Å². The fourth-order valence-corrected chi connectivity index (χ4v) is 3.04. The highest BCUT2D eigenvalue weighted by Crippen LogP contribution is 2.16. The van der Waals surface area contributed by atoms with Gasteiger partial charge in [0.05, 0.1) is 12.2 Å². The van der Waals surface area contributed by atoms with E-state index in [0.29, 0.717) is 18.3 Å². The molecule has 7 heteroatoms. The van der Waals surface area contributed by atoms with Crippen molar-refractivity contribution in [1.29, 1.82) is 0 Å². The van der Waals surface area contributed by atoms with Crippen LogP contribution in [0, 0.1) is 6.92 Å². The van der Waals surface area contributed by atoms with Crippen molar-refractivity contribution in [2.24, 2.45) is 0 Å². The quantitative estimate of drug-likeness (QED) is 0.706. The Kier molecular flexibility index (Phi) is 4.58. The minimum absolute atomic E-state index is 0.649. The van der Waals surface area contributed by atoms with Crippen LogP contribution in [0.4, 0.5) is 0 Å². The molecule has 1 aromatic carbocycles. The van der Waals surface area contributed by atoms with Gasteiger partial charge in [0.15, 0.2) is 0 Å². The fourth-order valence-electron chi connectivity index (χ4n) is 3.04. The molecular weight excluding hydrogens is 318 g/mol. The Morgan fingerprint density at radius 3 is 2.32 bits per heavy atom. The van der Waals surface area contributed by atoms with Crippen LogP contribution in [-0.2, 0) is 13.1 Å². The van der Waals surface area contributed by atoms with Crippen molar-refractivity contribution in [3.63, 3.8) is 0 Å². The van der Waals surface area contributed by atoms with Crippen LogP contribution in [0.5, 0.6) is 0 Å². The Hall–Kier alpha value is -2.51. The van der Waals surface area contributed by atoms with Crippen LogP contribution in [-0.4, -0.2) is 51.3 Å². The summed E-state index contributed by atoms with van der Waals surface area (Å²) in [7, 11) is 0. The normalized spacial score (nSPS) is 16.4. The van der Waals surface area contributed by atoms with Crippen LogP contribution in [0.2, 0.25) is 0 Å². The van der Waals surface area contributed by atoms with E-state index in [2.05, 4.69) is 25.1 Å². The maximum atomic E-state index is 5.41. The van der Waals surface area contributed by atoms with Crippen LogP contribution in [0.1, 0.15) is 17.3 Å². The lowest BCUT2D eigenvalue weighted by Crippen LogP contribution is -2.45. The van der Waals surface area contributed by atoms with Gasteiger partial charge >= 0.3 is 0 Å². The predicted molar refractivity (Wildman–Crippen MR) is 91.5 cm³/mol. The first-order valence-electron chi connectivity index (χ1n) is 8.51. The number of benzene rings is 1. The summed E-state index contributed by atoms with van der Waals surface area (Å²) in [6.07, 6.45) is 0. The van der Waals surface area contributed by atoms with Gasteiger partial charge in [-0.2, -0.15) is 4.98 Å². The molecule has 3 aromatic rings. The Balaban J connectivity index is 1.29. The smallest absolute Gasteiger partial charge is 0.241 e. The van der Waals surface area contributed by atoms with Crippen LogP contribution < -0.4 is 0 Å². The first-order valence-corrected chi connectivity index (χ1v) is 8.51. The molecule has 4 rings (SSSR count). The number of hydrogen-bond donors (Lipinski definition) is 0. The highest BCUT2D eigenvalue weighted by molar-refractivity contribution is 5.53. The Morgan fingerprint density at radius 1 is 0.920 bits per heavy atom. The molecule has 1 aliphatic rings. The molecule has 0 aliphatic carbocycles. The second-order valence-corrected chi connectivity index (χ2v) is 6.36. The number of nitrogens with zero attached hydrogens (tertiary/aromatic N) is 5. The molecular formula is C18H21N5O2. The molecule has 130 valence electrons. The Morgan fingerprint density at radius 2 is 1.64 bits per heavy atom. The first kappa shape index (κ1) is 16.0. The van der Waals surface area contributed by atoms with E-state index in [9.17, 15) is 0 Å². The summed E-state index contributed by atoms with van der Waals surface area (Å²) < 4.78 is 10.5. The molecule has 7 nitrogen and oxygen atoms in total. The van der Waals surface area contributed by atoms with Gasteiger partial charge in [0.2, 0.25) is 11.7 Å². The highest BCUT2D eigenvalue weighted by Gasteiger charge is 2.20. The number of aryl methyl sites for hydroxylation is 1. The van der Waals surface area contributed by atoms with Gasteiger partial charge < -0.3 is 9.05 Å². The van der Waals surface area contributed by atoms with Crippen molar-refractivity contribution in [2.75, 3.05) is 26.2 Å². The van der Waals surface area contributed by atoms with Gasteiger partial charge in [-0.15, -0.1) is 0 Å². The topological polar surface area (TPSA) is 71.4 Å². The van der Waals surface area contributed by atoms with Gasteiger partial charge in [0.1, 0.15) is 5.76 Å². The zero-order valence-electron chi connectivity index (χ0n) is 14.3. The van der Waals surface area contributed by atoms with E-state index in [0.717, 1.165) is 49.7 Å². The maximum Gasteiger partial charge on any atom is 0.241 e. The lowest BCUT2D eigenvalue weighted by molar-refractivity contribution is 0.110. The van der Waals surface area contributed by atoms with Crippen molar-refractivity contribution < 1.29 is 9.05 Å². The van der Waals surface area contributed by atoms with Gasteiger partial charge in [-0.05, 0) is 6.92 Å². The summed E-state index contributed by atoms with van der Waals surface area (Å²) in [5.74, 6) is 2.18. The van der Waals surface area contributed by atoms with E-state index in [-0.39, 0.29) is 0 Å². The molecule has 0 N–H and O–H groups in total. The number of piperazine rings is 1. The number of rotatable bonds is 5. The molecule has 0 radical (unpaired) electrons. The standard InChI is InChI=1S/C18H21N5O2/c1-14-11-16(20-24-14)12-22-7-9-23(10-8-22)13-17-19-18(21-25-17)15-5-3-2-4-6-15/h2-6,11H,7-10,12-13H2,1H3. The van der Waals surface area contributed by atoms with Crippen LogP contribution in [0.15, 0.2) is 45.4 Å². The molecule has 1 aliphatic heterocycles. The second-order valence-electron chi connectivity index (χ2n) is 6.36. The van der Waals surface area contributed by atoms with Gasteiger partial charge in [-0.3, -0.25) is 9.80 Å². The van der Waals surface area contributed by atoms with Crippen LogP contribution >= 0.6 is 0 Å². The van der Waals surface area contributed by atoms with E-state index in [1.165, 1.54) is 0 Å². The van der Waals surface area contributed by atoms with Gasteiger partial charge in [-0.25, -0.2) is 0 Å². The molecule has 0 atom stereocenters. The molecule has 0 amide bonds. The number of aromatic nitrogens is 3. The van der Waals surface area contributed by atoms with E-state index >= 15 is 0 Å².